The number of rotatable bonds is 4. The van der Waals surface area contributed by atoms with Crippen molar-refractivity contribution in [2.24, 2.45) is 5.73 Å². The van der Waals surface area contributed by atoms with Crippen LogP contribution in [-0.2, 0) is 0 Å². The van der Waals surface area contributed by atoms with E-state index >= 15 is 0 Å². The van der Waals surface area contributed by atoms with Gasteiger partial charge >= 0.3 is 0 Å². The van der Waals surface area contributed by atoms with E-state index in [1.807, 2.05) is 6.92 Å². The van der Waals surface area contributed by atoms with E-state index in [4.69, 9.17) is 5.73 Å². The van der Waals surface area contributed by atoms with Gasteiger partial charge in [-0.3, -0.25) is 0 Å². The summed E-state index contributed by atoms with van der Waals surface area (Å²) in [5.74, 6) is 5.99. The van der Waals surface area contributed by atoms with Crippen molar-refractivity contribution in [3.63, 3.8) is 0 Å². The highest BCUT2D eigenvalue weighted by atomic mass is 15.0. The van der Waals surface area contributed by atoms with Crippen molar-refractivity contribution in [1.29, 1.82) is 0 Å². The molecular formula is C12H22N2. The first kappa shape index (κ1) is 11.6. The summed E-state index contributed by atoms with van der Waals surface area (Å²) in [5, 5.41) is 3.59. The van der Waals surface area contributed by atoms with Gasteiger partial charge in [0, 0.05) is 25.0 Å². The smallest absolute Gasteiger partial charge is 0.0304 e. The van der Waals surface area contributed by atoms with Gasteiger partial charge in [0.15, 0.2) is 0 Å². The van der Waals surface area contributed by atoms with Crippen LogP contribution in [0.3, 0.4) is 0 Å². The summed E-state index contributed by atoms with van der Waals surface area (Å²) in [6, 6.07) is 0. The molecule has 0 amide bonds. The molecule has 0 aromatic rings. The molecule has 0 unspecified atom stereocenters. The van der Waals surface area contributed by atoms with Crippen molar-refractivity contribution in [2.45, 2.75) is 51.0 Å². The number of nitrogens with two attached hydrogens (primary N) is 1. The van der Waals surface area contributed by atoms with E-state index in [9.17, 15) is 0 Å². The van der Waals surface area contributed by atoms with E-state index in [0.717, 1.165) is 19.5 Å². The second kappa shape index (κ2) is 6.06. The minimum atomic E-state index is 0.230. The van der Waals surface area contributed by atoms with E-state index < -0.39 is 0 Å². The Hall–Kier alpha value is -0.520. The van der Waals surface area contributed by atoms with Gasteiger partial charge in [0.05, 0.1) is 0 Å². The maximum Gasteiger partial charge on any atom is 0.0304 e. The molecular weight excluding hydrogens is 172 g/mol. The summed E-state index contributed by atoms with van der Waals surface area (Å²) >= 11 is 0. The van der Waals surface area contributed by atoms with Crippen LogP contribution >= 0.6 is 0 Å². The van der Waals surface area contributed by atoms with Gasteiger partial charge in [-0.2, -0.15) is 0 Å². The maximum absolute atomic E-state index is 5.85. The molecule has 80 valence electrons. The van der Waals surface area contributed by atoms with Crippen LogP contribution in [0.1, 0.15) is 45.4 Å². The minimum Gasteiger partial charge on any atom is -0.329 e. The van der Waals surface area contributed by atoms with Crippen LogP contribution in [0.4, 0.5) is 0 Å². The maximum atomic E-state index is 5.85. The quantitative estimate of drug-likeness (QED) is 0.527. The van der Waals surface area contributed by atoms with Crippen molar-refractivity contribution in [3.05, 3.63) is 0 Å². The van der Waals surface area contributed by atoms with Crippen molar-refractivity contribution in [3.8, 4) is 11.8 Å². The van der Waals surface area contributed by atoms with Gasteiger partial charge < -0.3 is 11.1 Å². The molecule has 0 saturated heterocycles. The molecule has 1 rings (SSSR count). The molecule has 0 bridgehead atoms. The molecule has 2 heteroatoms. The van der Waals surface area contributed by atoms with Crippen LogP contribution in [0.2, 0.25) is 0 Å². The highest BCUT2D eigenvalue weighted by Crippen LogP contribution is 2.26. The monoisotopic (exact) mass is 194 g/mol. The first-order valence-corrected chi connectivity index (χ1v) is 5.68. The van der Waals surface area contributed by atoms with Crippen molar-refractivity contribution >= 4 is 0 Å². The first-order valence-electron chi connectivity index (χ1n) is 5.68. The van der Waals surface area contributed by atoms with Crippen LogP contribution in [0.15, 0.2) is 0 Å². The van der Waals surface area contributed by atoms with E-state index in [-0.39, 0.29) is 5.54 Å². The molecule has 14 heavy (non-hydrogen) atoms. The number of nitrogens with one attached hydrogen (secondary N) is 1. The highest BCUT2D eigenvalue weighted by molar-refractivity contribution is 4.97. The third-order valence-electron chi connectivity index (χ3n) is 3.13. The zero-order valence-corrected chi connectivity index (χ0v) is 9.23. The number of hydrogen-bond donors (Lipinski definition) is 2. The zero-order valence-electron chi connectivity index (χ0n) is 9.23. The number of hydrogen-bond acceptors (Lipinski definition) is 2. The Balaban J connectivity index is 2.31. The fourth-order valence-corrected chi connectivity index (χ4v) is 2.20. The Kier molecular flexibility index (Phi) is 5.00. The van der Waals surface area contributed by atoms with Crippen LogP contribution in [0.5, 0.6) is 0 Å². The van der Waals surface area contributed by atoms with Crippen LogP contribution in [0.25, 0.3) is 0 Å². The minimum absolute atomic E-state index is 0.230. The summed E-state index contributed by atoms with van der Waals surface area (Å²) in [6.45, 7) is 3.64. The lowest BCUT2D eigenvalue weighted by Crippen LogP contribution is -2.52. The van der Waals surface area contributed by atoms with Crippen molar-refractivity contribution < 1.29 is 0 Å². The summed E-state index contributed by atoms with van der Waals surface area (Å²) in [5.41, 5.74) is 6.08. The first-order chi connectivity index (χ1) is 6.83. The molecule has 0 spiro atoms. The Labute approximate surface area is 87.6 Å². The fraction of sp³-hybridized carbons (Fsp3) is 0.833. The second-order valence-electron chi connectivity index (χ2n) is 4.15. The molecule has 0 aromatic carbocycles. The van der Waals surface area contributed by atoms with Gasteiger partial charge in [0.1, 0.15) is 0 Å². The van der Waals surface area contributed by atoms with Gasteiger partial charge in [-0.1, -0.05) is 19.3 Å². The van der Waals surface area contributed by atoms with Crippen molar-refractivity contribution in [2.75, 3.05) is 13.1 Å². The molecule has 0 aliphatic heterocycles. The van der Waals surface area contributed by atoms with Gasteiger partial charge in [0.25, 0.3) is 0 Å². The Morgan fingerprint density at radius 3 is 2.57 bits per heavy atom. The molecule has 0 heterocycles. The van der Waals surface area contributed by atoms with E-state index in [1.54, 1.807) is 0 Å². The Morgan fingerprint density at radius 1 is 1.29 bits per heavy atom. The summed E-state index contributed by atoms with van der Waals surface area (Å²) in [7, 11) is 0. The lowest BCUT2D eigenvalue weighted by molar-refractivity contribution is 0.241. The Morgan fingerprint density at radius 2 is 2.00 bits per heavy atom. The summed E-state index contributed by atoms with van der Waals surface area (Å²) in [4.78, 5) is 0. The predicted octanol–water partition coefficient (Wildman–Crippen LogP) is 1.65. The molecule has 1 aliphatic rings. The third kappa shape index (κ3) is 3.32. The van der Waals surface area contributed by atoms with Crippen LogP contribution in [0, 0.1) is 11.8 Å². The molecule has 0 atom stereocenters. The SMILES string of the molecule is CC#CCCNC1(CN)CCCCC1. The van der Waals surface area contributed by atoms with Gasteiger partial charge in [0.2, 0.25) is 0 Å². The molecule has 1 fully saturated rings. The van der Waals surface area contributed by atoms with Crippen LogP contribution in [-0.4, -0.2) is 18.6 Å². The largest absolute Gasteiger partial charge is 0.329 e. The summed E-state index contributed by atoms with van der Waals surface area (Å²) < 4.78 is 0. The average molecular weight is 194 g/mol. The summed E-state index contributed by atoms with van der Waals surface area (Å²) in [6.07, 6.45) is 7.44. The van der Waals surface area contributed by atoms with Gasteiger partial charge in [-0.05, 0) is 19.8 Å². The fourth-order valence-electron chi connectivity index (χ4n) is 2.20. The topological polar surface area (TPSA) is 38.0 Å². The third-order valence-corrected chi connectivity index (χ3v) is 3.13. The normalized spacial score (nSPS) is 19.9. The van der Waals surface area contributed by atoms with E-state index in [1.165, 1.54) is 32.1 Å². The molecule has 3 N–H and O–H groups in total. The zero-order chi connectivity index (χ0) is 10.3. The molecule has 1 aliphatic carbocycles. The van der Waals surface area contributed by atoms with Gasteiger partial charge in [-0.25, -0.2) is 0 Å². The lowest BCUT2D eigenvalue weighted by Gasteiger charge is -2.37. The highest BCUT2D eigenvalue weighted by Gasteiger charge is 2.29. The second-order valence-corrected chi connectivity index (χ2v) is 4.15. The van der Waals surface area contributed by atoms with Crippen molar-refractivity contribution in [1.82, 2.24) is 5.32 Å². The Bertz CT molecular complexity index is 206. The van der Waals surface area contributed by atoms with E-state index in [0.29, 0.717) is 0 Å². The molecule has 1 saturated carbocycles. The van der Waals surface area contributed by atoms with E-state index in [2.05, 4.69) is 17.2 Å². The molecule has 2 nitrogen and oxygen atoms in total. The average Bonchev–Trinajstić information content (AvgIpc) is 2.26. The lowest BCUT2D eigenvalue weighted by atomic mass is 9.81. The van der Waals surface area contributed by atoms with Crippen LogP contribution < -0.4 is 11.1 Å². The predicted molar refractivity (Wildman–Crippen MR) is 60.9 cm³/mol. The standard InChI is InChI=1S/C12H22N2/c1-2-3-7-10-14-12(11-13)8-5-4-6-9-12/h14H,4-11,13H2,1H3. The molecule has 0 aromatic heterocycles. The van der Waals surface area contributed by atoms with Gasteiger partial charge in [-0.15, -0.1) is 11.8 Å². The molecule has 0 radical (unpaired) electrons.